The molecule has 0 aliphatic rings. The number of ether oxygens (including phenoxy) is 1. The maximum Gasteiger partial charge on any atom is 0.425 e. The van der Waals surface area contributed by atoms with E-state index in [4.69, 9.17) is 10.5 Å². The first-order valence-corrected chi connectivity index (χ1v) is 7.15. The zero-order valence-electron chi connectivity index (χ0n) is 13.1. The normalized spacial score (nSPS) is 12.8. The number of pyridine rings is 1. The highest BCUT2D eigenvalue weighted by Crippen LogP contribution is 2.26. The molecule has 0 fully saturated rings. The molecule has 0 spiro atoms. The molecule has 0 radical (unpaired) electrons. The maximum absolute atomic E-state index is 13.2. The fourth-order valence-corrected chi connectivity index (χ4v) is 1.91. The monoisotopic (exact) mass is 343 g/mol. The molecule has 3 N–H and O–H groups in total. The lowest BCUT2D eigenvalue weighted by atomic mass is 10.1. The smallest absolute Gasteiger partial charge is 0.425 e. The number of nitrogens with one attached hydrogen (secondary N) is 1. The molecular weight excluding hydrogens is 326 g/mol. The predicted octanol–water partition coefficient (Wildman–Crippen LogP) is 4.05. The second kappa shape index (κ2) is 6.94. The lowest BCUT2D eigenvalue weighted by Gasteiger charge is -2.18. The summed E-state index contributed by atoms with van der Waals surface area (Å²) in [6.45, 7) is 2.82. The van der Waals surface area contributed by atoms with Crippen LogP contribution in [0.15, 0.2) is 30.3 Å². The molecule has 1 heterocycles. The van der Waals surface area contributed by atoms with E-state index in [9.17, 15) is 17.6 Å². The van der Waals surface area contributed by atoms with Gasteiger partial charge >= 0.3 is 6.18 Å². The molecule has 0 saturated carbocycles. The van der Waals surface area contributed by atoms with Gasteiger partial charge in [0.2, 0.25) is 5.88 Å². The van der Waals surface area contributed by atoms with Crippen LogP contribution in [0.2, 0.25) is 0 Å². The summed E-state index contributed by atoms with van der Waals surface area (Å²) >= 11 is 0. The number of nitrogen functional groups attached to an aromatic ring is 1. The van der Waals surface area contributed by atoms with E-state index in [1.54, 1.807) is 19.1 Å². The van der Waals surface area contributed by atoms with Crippen LogP contribution in [0.5, 0.6) is 5.88 Å². The molecular formula is C16H17F4N3O. The molecule has 1 aromatic heterocycles. The molecule has 0 saturated heterocycles. The van der Waals surface area contributed by atoms with Gasteiger partial charge in [-0.15, -0.1) is 0 Å². The zero-order chi connectivity index (χ0) is 17.9. The van der Waals surface area contributed by atoms with Crippen LogP contribution >= 0.6 is 0 Å². The molecule has 130 valence electrons. The largest absolute Gasteiger partial charge is 0.465 e. The van der Waals surface area contributed by atoms with E-state index in [1.165, 1.54) is 18.2 Å². The number of hydrogen-bond acceptors (Lipinski definition) is 4. The van der Waals surface area contributed by atoms with Gasteiger partial charge in [-0.2, -0.15) is 18.2 Å². The number of halogens is 4. The third kappa shape index (κ3) is 4.50. The molecule has 24 heavy (non-hydrogen) atoms. The summed E-state index contributed by atoms with van der Waals surface area (Å²) in [5.74, 6) is -0.302. The SMILES string of the molecule is Cc1cc(CNc2nc(OC(C)C(F)(F)F)ccc2N)ccc1F. The van der Waals surface area contributed by atoms with Crippen molar-refractivity contribution < 1.29 is 22.3 Å². The molecule has 2 aromatic rings. The predicted molar refractivity (Wildman–Crippen MR) is 83.3 cm³/mol. The van der Waals surface area contributed by atoms with Crippen molar-refractivity contribution in [3.8, 4) is 5.88 Å². The number of anilines is 2. The highest BCUT2D eigenvalue weighted by molar-refractivity contribution is 5.62. The first-order valence-electron chi connectivity index (χ1n) is 7.15. The van der Waals surface area contributed by atoms with Gasteiger partial charge < -0.3 is 15.8 Å². The van der Waals surface area contributed by atoms with Crippen molar-refractivity contribution >= 4 is 11.5 Å². The van der Waals surface area contributed by atoms with Gasteiger partial charge in [0.25, 0.3) is 0 Å². The molecule has 0 aliphatic heterocycles. The fourth-order valence-electron chi connectivity index (χ4n) is 1.91. The molecule has 1 atom stereocenters. The molecule has 1 aromatic carbocycles. The Balaban J connectivity index is 2.09. The standard InChI is InChI=1S/C16H17F4N3O/c1-9-7-11(3-4-12(9)17)8-22-15-13(21)5-6-14(23-15)24-10(2)16(18,19)20/h3-7,10H,8,21H2,1-2H3,(H,22,23). The minimum Gasteiger partial charge on any atom is -0.465 e. The van der Waals surface area contributed by atoms with E-state index < -0.39 is 12.3 Å². The number of aryl methyl sites for hydroxylation is 1. The Morgan fingerprint density at radius 1 is 1.25 bits per heavy atom. The number of nitrogens with two attached hydrogens (primary N) is 1. The maximum atomic E-state index is 13.2. The van der Waals surface area contributed by atoms with Crippen LogP contribution in [-0.2, 0) is 6.54 Å². The highest BCUT2D eigenvalue weighted by Gasteiger charge is 2.38. The van der Waals surface area contributed by atoms with Gasteiger partial charge in [-0.3, -0.25) is 0 Å². The van der Waals surface area contributed by atoms with Crippen molar-refractivity contribution in [3.63, 3.8) is 0 Å². The summed E-state index contributed by atoms with van der Waals surface area (Å²) < 4.78 is 55.6. The Bertz CT molecular complexity index is 719. The second-order valence-corrected chi connectivity index (χ2v) is 5.33. The Hall–Kier alpha value is -2.51. The average molecular weight is 343 g/mol. The lowest BCUT2D eigenvalue weighted by molar-refractivity contribution is -0.189. The second-order valence-electron chi connectivity index (χ2n) is 5.33. The van der Waals surface area contributed by atoms with Gasteiger partial charge in [0, 0.05) is 12.6 Å². The van der Waals surface area contributed by atoms with Crippen LogP contribution < -0.4 is 15.8 Å². The number of rotatable bonds is 5. The Morgan fingerprint density at radius 3 is 2.58 bits per heavy atom. The summed E-state index contributed by atoms with van der Waals surface area (Å²) in [5.41, 5.74) is 7.30. The van der Waals surface area contributed by atoms with Crippen molar-refractivity contribution in [2.45, 2.75) is 32.7 Å². The summed E-state index contributed by atoms with van der Waals surface area (Å²) in [6.07, 6.45) is -6.47. The minimum atomic E-state index is -4.48. The molecule has 2 rings (SSSR count). The van der Waals surface area contributed by atoms with Gasteiger partial charge in [-0.25, -0.2) is 4.39 Å². The van der Waals surface area contributed by atoms with Crippen LogP contribution in [0.1, 0.15) is 18.1 Å². The molecule has 4 nitrogen and oxygen atoms in total. The van der Waals surface area contributed by atoms with Gasteiger partial charge in [-0.1, -0.05) is 12.1 Å². The van der Waals surface area contributed by atoms with Crippen molar-refractivity contribution in [2.75, 3.05) is 11.1 Å². The van der Waals surface area contributed by atoms with Crippen LogP contribution in [-0.4, -0.2) is 17.3 Å². The zero-order valence-corrected chi connectivity index (χ0v) is 13.1. The van der Waals surface area contributed by atoms with Crippen LogP contribution in [0.25, 0.3) is 0 Å². The summed E-state index contributed by atoms with van der Waals surface area (Å²) in [6, 6.07) is 7.27. The average Bonchev–Trinajstić information content (AvgIpc) is 2.50. The lowest BCUT2D eigenvalue weighted by Crippen LogP contribution is -2.31. The topological polar surface area (TPSA) is 60.2 Å². The van der Waals surface area contributed by atoms with Crippen molar-refractivity contribution in [3.05, 3.63) is 47.3 Å². The fraction of sp³-hybridized carbons (Fsp3) is 0.312. The van der Waals surface area contributed by atoms with Crippen molar-refractivity contribution in [1.82, 2.24) is 4.98 Å². The number of aromatic nitrogens is 1. The van der Waals surface area contributed by atoms with Crippen LogP contribution in [0.4, 0.5) is 29.1 Å². The van der Waals surface area contributed by atoms with E-state index in [0.29, 0.717) is 5.56 Å². The van der Waals surface area contributed by atoms with Crippen molar-refractivity contribution in [2.24, 2.45) is 0 Å². The molecule has 1 unspecified atom stereocenters. The van der Waals surface area contributed by atoms with Crippen LogP contribution in [0.3, 0.4) is 0 Å². The number of hydrogen-bond donors (Lipinski definition) is 2. The Labute approximate surface area is 136 Å². The van der Waals surface area contributed by atoms with Gasteiger partial charge in [-0.05, 0) is 37.1 Å². The number of nitrogens with zero attached hydrogens (tertiary/aromatic N) is 1. The van der Waals surface area contributed by atoms with Crippen LogP contribution in [0, 0.1) is 12.7 Å². The molecule has 0 amide bonds. The number of benzene rings is 1. The highest BCUT2D eigenvalue weighted by atomic mass is 19.4. The quantitative estimate of drug-likeness (QED) is 0.804. The summed E-state index contributed by atoms with van der Waals surface area (Å²) in [7, 11) is 0. The van der Waals surface area contributed by atoms with E-state index in [1.807, 2.05) is 0 Å². The Kier molecular flexibility index (Phi) is 5.16. The third-order valence-electron chi connectivity index (χ3n) is 3.34. The van der Waals surface area contributed by atoms with E-state index in [0.717, 1.165) is 12.5 Å². The molecule has 0 bridgehead atoms. The number of alkyl halides is 3. The van der Waals surface area contributed by atoms with Crippen molar-refractivity contribution in [1.29, 1.82) is 0 Å². The molecule has 0 aliphatic carbocycles. The van der Waals surface area contributed by atoms with Gasteiger partial charge in [0.05, 0.1) is 5.69 Å². The van der Waals surface area contributed by atoms with E-state index in [2.05, 4.69) is 10.3 Å². The third-order valence-corrected chi connectivity index (χ3v) is 3.34. The molecule has 8 heteroatoms. The van der Waals surface area contributed by atoms with E-state index >= 15 is 0 Å². The minimum absolute atomic E-state index is 0.188. The summed E-state index contributed by atoms with van der Waals surface area (Å²) in [5, 5.41) is 2.91. The first kappa shape index (κ1) is 17.8. The van der Waals surface area contributed by atoms with E-state index in [-0.39, 0.29) is 29.7 Å². The van der Waals surface area contributed by atoms with Gasteiger partial charge in [0.1, 0.15) is 5.82 Å². The van der Waals surface area contributed by atoms with Gasteiger partial charge in [0.15, 0.2) is 11.9 Å². The summed E-state index contributed by atoms with van der Waals surface area (Å²) in [4.78, 5) is 3.95. The first-order chi connectivity index (χ1) is 11.2. The Morgan fingerprint density at radius 2 is 1.96 bits per heavy atom.